The molecule has 0 aliphatic rings. The summed E-state index contributed by atoms with van der Waals surface area (Å²) in [6.45, 7) is 0. The first-order chi connectivity index (χ1) is 13.1. The molecule has 0 radical (unpaired) electrons. The van der Waals surface area contributed by atoms with Gasteiger partial charge in [-0.15, -0.1) is 0 Å². The van der Waals surface area contributed by atoms with E-state index >= 15 is 0 Å². The van der Waals surface area contributed by atoms with Crippen molar-refractivity contribution in [3.05, 3.63) is 60.2 Å². The molecule has 0 fully saturated rings. The van der Waals surface area contributed by atoms with Crippen molar-refractivity contribution in [1.82, 2.24) is 15.0 Å². The minimum Gasteiger partial charge on any atom is -0.481 e. The van der Waals surface area contributed by atoms with Crippen LogP contribution in [0.4, 0.5) is 26.3 Å². The van der Waals surface area contributed by atoms with Crippen LogP contribution in [0.3, 0.4) is 0 Å². The molecule has 0 bridgehead atoms. The van der Waals surface area contributed by atoms with Crippen LogP contribution in [-0.4, -0.2) is 22.1 Å². The van der Waals surface area contributed by atoms with Gasteiger partial charge in [0.2, 0.25) is 5.88 Å². The zero-order chi connectivity index (χ0) is 20.5. The first kappa shape index (κ1) is 19.6. The highest BCUT2D eigenvalue weighted by atomic mass is 19.4. The number of pyridine rings is 3. The molecule has 0 spiro atoms. The summed E-state index contributed by atoms with van der Waals surface area (Å²) in [7, 11) is 1.37. The number of halogens is 6. The smallest absolute Gasteiger partial charge is 0.417 e. The number of ether oxygens (including phenoxy) is 1. The molecule has 0 atom stereocenters. The van der Waals surface area contributed by atoms with Gasteiger partial charge in [-0.1, -0.05) is 0 Å². The standard InChI is InChI=1S/C18H11F6N3O/c1-28-15-3-2-10(7-26-15)14-5-13(18(22,23)24)9-27-16(14)11-4-12(8-25-6-11)17(19,20)21/h2-9H,1H3. The van der Waals surface area contributed by atoms with Gasteiger partial charge in [0, 0.05) is 47.5 Å². The number of hydrogen-bond acceptors (Lipinski definition) is 4. The molecule has 10 heteroatoms. The average Bonchev–Trinajstić information content (AvgIpc) is 2.66. The van der Waals surface area contributed by atoms with E-state index in [1.165, 1.54) is 25.4 Å². The summed E-state index contributed by atoms with van der Waals surface area (Å²) in [4.78, 5) is 11.2. The molecule has 28 heavy (non-hydrogen) atoms. The normalized spacial score (nSPS) is 12.1. The van der Waals surface area contributed by atoms with Crippen molar-refractivity contribution in [2.45, 2.75) is 12.4 Å². The second-order valence-corrected chi connectivity index (χ2v) is 5.67. The minimum atomic E-state index is -4.67. The van der Waals surface area contributed by atoms with Gasteiger partial charge < -0.3 is 4.74 Å². The third kappa shape index (κ3) is 4.05. The van der Waals surface area contributed by atoms with Crippen LogP contribution >= 0.6 is 0 Å². The zero-order valence-electron chi connectivity index (χ0n) is 14.1. The van der Waals surface area contributed by atoms with E-state index in [0.29, 0.717) is 12.4 Å². The highest BCUT2D eigenvalue weighted by Crippen LogP contribution is 2.38. The Bertz CT molecular complexity index is 984. The van der Waals surface area contributed by atoms with Crippen molar-refractivity contribution in [3.63, 3.8) is 0 Å². The van der Waals surface area contributed by atoms with Gasteiger partial charge in [-0.2, -0.15) is 26.3 Å². The molecule has 4 nitrogen and oxygen atoms in total. The molecule has 3 rings (SSSR count). The summed E-state index contributed by atoms with van der Waals surface area (Å²) in [5.74, 6) is 0.228. The Labute approximate surface area is 154 Å². The largest absolute Gasteiger partial charge is 0.481 e. The Hall–Kier alpha value is -3.17. The molecule has 3 aromatic heterocycles. The summed E-state index contributed by atoms with van der Waals surface area (Å²) >= 11 is 0. The Kier molecular flexibility index (Phi) is 4.97. The van der Waals surface area contributed by atoms with Crippen LogP contribution < -0.4 is 4.74 Å². The van der Waals surface area contributed by atoms with Gasteiger partial charge in [-0.05, 0) is 18.2 Å². The van der Waals surface area contributed by atoms with Crippen molar-refractivity contribution in [1.29, 1.82) is 0 Å². The summed E-state index contributed by atoms with van der Waals surface area (Å²) in [5.41, 5.74) is -2.04. The van der Waals surface area contributed by atoms with Crippen LogP contribution in [0.15, 0.2) is 49.1 Å². The molecule has 0 aliphatic carbocycles. The van der Waals surface area contributed by atoms with Gasteiger partial charge in [0.15, 0.2) is 0 Å². The predicted octanol–water partition coefficient (Wildman–Crippen LogP) is 5.25. The van der Waals surface area contributed by atoms with Crippen molar-refractivity contribution >= 4 is 0 Å². The molecule has 0 saturated carbocycles. The molecule has 3 heterocycles. The topological polar surface area (TPSA) is 47.9 Å². The highest BCUT2D eigenvalue weighted by Gasteiger charge is 2.33. The number of aromatic nitrogens is 3. The van der Waals surface area contributed by atoms with Gasteiger partial charge in [0.25, 0.3) is 0 Å². The van der Waals surface area contributed by atoms with E-state index < -0.39 is 23.5 Å². The Morgan fingerprint density at radius 1 is 0.750 bits per heavy atom. The minimum absolute atomic E-state index is 0.0360. The fourth-order valence-electron chi connectivity index (χ4n) is 2.45. The quantitative estimate of drug-likeness (QED) is 0.565. The summed E-state index contributed by atoms with van der Waals surface area (Å²) in [6, 6.07) is 4.45. The lowest BCUT2D eigenvalue weighted by Gasteiger charge is -2.14. The maximum Gasteiger partial charge on any atom is 0.417 e. The van der Waals surface area contributed by atoms with Crippen LogP contribution in [0.25, 0.3) is 22.4 Å². The van der Waals surface area contributed by atoms with Crippen molar-refractivity contribution in [2.24, 2.45) is 0 Å². The van der Waals surface area contributed by atoms with Crippen LogP contribution in [0.5, 0.6) is 5.88 Å². The maximum atomic E-state index is 13.1. The maximum absolute atomic E-state index is 13.1. The van der Waals surface area contributed by atoms with Crippen molar-refractivity contribution in [2.75, 3.05) is 7.11 Å². The predicted molar refractivity (Wildman–Crippen MR) is 87.3 cm³/mol. The van der Waals surface area contributed by atoms with E-state index in [9.17, 15) is 26.3 Å². The molecule has 0 aromatic carbocycles. The van der Waals surface area contributed by atoms with Gasteiger partial charge >= 0.3 is 12.4 Å². The first-order valence-corrected chi connectivity index (χ1v) is 7.70. The second-order valence-electron chi connectivity index (χ2n) is 5.67. The van der Waals surface area contributed by atoms with Crippen LogP contribution in [0, 0.1) is 0 Å². The molecule has 0 aliphatic heterocycles. The molecular formula is C18H11F6N3O. The fourth-order valence-corrected chi connectivity index (χ4v) is 2.45. The monoisotopic (exact) mass is 399 g/mol. The first-order valence-electron chi connectivity index (χ1n) is 7.70. The molecule has 0 unspecified atom stereocenters. The van der Waals surface area contributed by atoms with E-state index in [0.717, 1.165) is 18.3 Å². The van der Waals surface area contributed by atoms with E-state index in [1.807, 2.05) is 0 Å². The Morgan fingerprint density at radius 2 is 1.43 bits per heavy atom. The second kappa shape index (κ2) is 7.10. The number of methoxy groups -OCH3 is 1. The van der Waals surface area contributed by atoms with E-state index in [4.69, 9.17) is 4.74 Å². The van der Waals surface area contributed by atoms with Gasteiger partial charge in [0.1, 0.15) is 0 Å². The SMILES string of the molecule is COc1ccc(-c2cc(C(F)(F)F)cnc2-c2cncc(C(F)(F)F)c2)cn1. The van der Waals surface area contributed by atoms with Gasteiger partial charge in [-0.25, -0.2) is 4.98 Å². The van der Waals surface area contributed by atoms with E-state index in [1.54, 1.807) is 0 Å². The molecular weight excluding hydrogens is 388 g/mol. The number of rotatable bonds is 3. The number of nitrogens with zero attached hydrogens (tertiary/aromatic N) is 3. The summed E-state index contributed by atoms with van der Waals surface area (Å²) < 4.78 is 83.2. The van der Waals surface area contributed by atoms with Crippen molar-refractivity contribution in [3.8, 4) is 28.3 Å². The molecule has 0 N–H and O–H groups in total. The van der Waals surface area contributed by atoms with Crippen LogP contribution in [0.1, 0.15) is 11.1 Å². The van der Waals surface area contributed by atoms with Gasteiger partial charge in [0.05, 0.1) is 23.9 Å². The zero-order valence-corrected chi connectivity index (χ0v) is 14.1. The average molecular weight is 399 g/mol. The molecule has 0 amide bonds. The third-order valence-corrected chi connectivity index (χ3v) is 3.81. The lowest BCUT2D eigenvalue weighted by atomic mass is 9.99. The van der Waals surface area contributed by atoms with E-state index in [2.05, 4.69) is 15.0 Å². The Balaban J connectivity index is 2.20. The lowest BCUT2D eigenvalue weighted by molar-refractivity contribution is -0.138. The molecule has 0 saturated heterocycles. The van der Waals surface area contributed by atoms with Crippen LogP contribution in [0.2, 0.25) is 0 Å². The third-order valence-electron chi connectivity index (χ3n) is 3.81. The van der Waals surface area contributed by atoms with Crippen molar-refractivity contribution < 1.29 is 31.1 Å². The van der Waals surface area contributed by atoms with Crippen LogP contribution in [-0.2, 0) is 12.4 Å². The molecule has 146 valence electrons. The van der Waals surface area contributed by atoms with E-state index in [-0.39, 0.29) is 28.3 Å². The van der Waals surface area contributed by atoms with Gasteiger partial charge in [-0.3, -0.25) is 9.97 Å². The highest BCUT2D eigenvalue weighted by molar-refractivity contribution is 5.80. The Morgan fingerprint density at radius 3 is 2.00 bits per heavy atom. The summed E-state index contributed by atoms with van der Waals surface area (Å²) in [6.07, 6.45) is -5.78. The lowest BCUT2D eigenvalue weighted by Crippen LogP contribution is -2.08. The summed E-state index contributed by atoms with van der Waals surface area (Å²) in [5, 5.41) is 0. The molecule has 3 aromatic rings. The number of hydrogen-bond donors (Lipinski definition) is 0. The number of alkyl halides is 6. The fraction of sp³-hybridized carbons (Fsp3) is 0.167.